The Labute approximate surface area is 114 Å². The first-order valence-corrected chi connectivity index (χ1v) is 6.29. The van der Waals surface area contributed by atoms with Crippen molar-refractivity contribution in [2.75, 3.05) is 7.11 Å². The highest BCUT2D eigenvalue weighted by Crippen LogP contribution is 2.24. The summed E-state index contributed by atoms with van der Waals surface area (Å²) in [5.74, 6) is 0.638. The molecule has 0 bridgehead atoms. The summed E-state index contributed by atoms with van der Waals surface area (Å²) in [6.07, 6.45) is 0. The number of carbonyl (C=O) groups excluding carboxylic acids is 1. The van der Waals surface area contributed by atoms with E-state index in [2.05, 4.69) is 0 Å². The lowest BCUT2D eigenvalue weighted by molar-refractivity contribution is 0.103. The molecule has 2 rings (SSSR count). The van der Waals surface area contributed by atoms with Crippen molar-refractivity contribution >= 4 is 5.78 Å². The van der Waals surface area contributed by atoms with Crippen LogP contribution in [0.5, 0.6) is 5.75 Å². The summed E-state index contributed by atoms with van der Waals surface area (Å²) in [7, 11) is 1.59. The van der Waals surface area contributed by atoms with E-state index in [1.54, 1.807) is 7.11 Å². The molecule has 0 heterocycles. The van der Waals surface area contributed by atoms with Crippen molar-refractivity contribution in [3.05, 3.63) is 64.2 Å². The average Bonchev–Trinajstić information content (AvgIpc) is 2.37. The molecule has 2 nitrogen and oxygen atoms in total. The third-order valence-electron chi connectivity index (χ3n) is 3.23. The second kappa shape index (κ2) is 5.27. The van der Waals surface area contributed by atoms with E-state index in [0.29, 0.717) is 11.3 Å². The summed E-state index contributed by atoms with van der Waals surface area (Å²) in [5, 5.41) is 0. The first-order chi connectivity index (χ1) is 9.02. The van der Waals surface area contributed by atoms with Gasteiger partial charge in [-0.3, -0.25) is 4.79 Å². The molecule has 0 aliphatic heterocycles. The van der Waals surface area contributed by atoms with Gasteiger partial charge in [-0.05, 0) is 44.0 Å². The monoisotopic (exact) mass is 254 g/mol. The van der Waals surface area contributed by atoms with Crippen LogP contribution in [-0.4, -0.2) is 12.9 Å². The van der Waals surface area contributed by atoms with Gasteiger partial charge in [-0.15, -0.1) is 0 Å². The summed E-state index contributed by atoms with van der Waals surface area (Å²) >= 11 is 0. The standard InChI is InChI=1S/C17H18O2/c1-11-5-7-14(13(3)9-11)17(18)15-8-6-12(2)10-16(15)19-4/h5-10H,1-4H3. The molecular weight excluding hydrogens is 236 g/mol. The molecule has 0 aliphatic carbocycles. The van der Waals surface area contributed by atoms with Gasteiger partial charge in [0.1, 0.15) is 5.75 Å². The fourth-order valence-electron chi connectivity index (χ4n) is 2.20. The normalized spacial score (nSPS) is 10.3. The van der Waals surface area contributed by atoms with Crippen molar-refractivity contribution in [3.63, 3.8) is 0 Å². The Hall–Kier alpha value is -2.09. The Kier molecular flexibility index (Phi) is 3.70. The highest BCUT2D eigenvalue weighted by atomic mass is 16.5. The maximum atomic E-state index is 12.6. The van der Waals surface area contributed by atoms with E-state index in [1.807, 2.05) is 57.2 Å². The molecule has 2 heteroatoms. The number of carbonyl (C=O) groups is 1. The Bertz CT molecular complexity index is 627. The van der Waals surface area contributed by atoms with Gasteiger partial charge in [0.05, 0.1) is 12.7 Å². The molecule has 0 saturated carbocycles. The van der Waals surface area contributed by atoms with Gasteiger partial charge in [-0.1, -0.05) is 29.8 Å². The molecule has 0 aromatic heterocycles. The molecule has 0 spiro atoms. The van der Waals surface area contributed by atoms with Crippen LogP contribution in [0.2, 0.25) is 0 Å². The number of aryl methyl sites for hydroxylation is 3. The zero-order chi connectivity index (χ0) is 14.0. The molecule has 2 aromatic rings. The van der Waals surface area contributed by atoms with Crippen LogP contribution < -0.4 is 4.74 Å². The fourth-order valence-corrected chi connectivity index (χ4v) is 2.20. The molecule has 0 aliphatic rings. The van der Waals surface area contributed by atoms with Gasteiger partial charge in [0.2, 0.25) is 0 Å². The molecule has 0 N–H and O–H groups in total. The van der Waals surface area contributed by atoms with Gasteiger partial charge in [-0.2, -0.15) is 0 Å². The molecule has 0 unspecified atom stereocenters. The van der Waals surface area contributed by atoms with Gasteiger partial charge >= 0.3 is 0 Å². The van der Waals surface area contributed by atoms with E-state index >= 15 is 0 Å². The quantitative estimate of drug-likeness (QED) is 0.778. The lowest BCUT2D eigenvalue weighted by Crippen LogP contribution is -2.06. The van der Waals surface area contributed by atoms with Crippen LogP contribution in [0.4, 0.5) is 0 Å². The van der Waals surface area contributed by atoms with E-state index < -0.39 is 0 Å². The van der Waals surface area contributed by atoms with Gasteiger partial charge in [0.15, 0.2) is 5.78 Å². The van der Waals surface area contributed by atoms with Gasteiger partial charge in [0, 0.05) is 5.56 Å². The second-order valence-electron chi connectivity index (χ2n) is 4.85. The Morgan fingerprint density at radius 1 is 0.895 bits per heavy atom. The first kappa shape index (κ1) is 13.3. The Morgan fingerprint density at radius 3 is 2.05 bits per heavy atom. The van der Waals surface area contributed by atoms with Crippen molar-refractivity contribution in [3.8, 4) is 5.75 Å². The van der Waals surface area contributed by atoms with Gasteiger partial charge < -0.3 is 4.74 Å². The van der Waals surface area contributed by atoms with Crippen molar-refractivity contribution in [1.82, 2.24) is 0 Å². The third-order valence-corrected chi connectivity index (χ3v) is 3.23. The molecule has 0 atom stereocenters. The van der Waals surface area contributed by atoms with Gasteiger partial charge in [0.25, 0.3) is 0 Å². The van der Waals surface area contributed by atoms with E-state index in [1.165, 1.54) is 0 Å². The summed E-state index contributed by atoms with van der Waals surface area (Å²) in [6, 6.07) is 11.5. The van der Waals surface area contributed by atoms with Crippen LogP contribution >= 0.6 is 0 Å². The number of benzene rings is 2. The summed E-state index contributed by atoms with van der Waals surface area (Å²) in [5.41, 5.74) is 4.57. The largest absolute Gasteiger partial charge is 0.496 e. The lowest BCUT2D eigenvalue weighted by atomic mass is 9.96. The van der Waals surface area contributed by atoms with Crippen LogP contribution in [0.25, 0.3) is 0 Å². The molecule has 0 saturated heterocycles. The minimum absolute atomic E-state index is 0.00866. The highest BCUT2D eigenvalue weighted by Gasteiger charge is 2.16. The number of hydrogen-bond acceptors (Lipinski definition) is 2. The summed E-state index contributed by atoms with van der Waals surface area (Å²) < 4.78 is 5.31. The molecule has 2 aromatic carbocycles. The van der Waals surface area contributed by atoms with Crippen molar-refractivity contribution in [1.29, 1.82) is 0 Å². The molecule has 19 heavy (non-hydrogen) atoms. The second-order valence-corrected chi connectivity index (χ2v) is 4.85. The lowest BCUT2D eigenvalue weighted by Gasteiger charge is -2.10. The summed E-state index contributed by atoms with van der Waals surface area (Å²) in [4.78, 5) is 12.6. The fraction of sp³-hybridized carbons (Fsp3) is 0.235. The van der Waals surface area contributed by atoms with Crippen LogP contribution in [0, 0.1) is 20.8 Å². The number of hydrogen-bond donors (Lipinski definition) is 0. The van der Waals surface area contributed by atoms with E-state index in [9.17, 15) is 4.79 Å². The zero-order valence-corrected chi connectivity index (χ0v) is 11.8. The number of ketones is 1. The Morgan fingerprint density at radius 2 is 1.47 bits per heavy atom. The SMILES string of the molecule is COc1cc(C)ccc1C(=O)c1ccc(C)cc1C. The van der Waals surface area contributed by atoms with Crippen molar-refractivity contribution in [2.45, 2.75) is 20.8 Å². The van der Waals surface area contributed by atoms with Crippen LogP contribution in [-0.2, 0) is 0 Å². The number of rotatable bonds is 3. The maximum Gasteiger partial charge on any atom is 0.197 e. The van der Waals surface area contributed by atoms with Crippen LogP contribution in [0.1, 0.15) is 32.6 Å². The average molecular weight is 254 g/mol. The van der Waals surface area contributed by atoms with Crippen LogP contribution in [0.3, 0.4) is 0 Å². The Balaban J connectivity index is 2.50. The van der Waals surface area contributed by atoms with Crippen molar-refractivity contribution < 1.29 is 9.53 Å². The molecule has 0 fully saturated rings. The minimum Gasteiger partial charge on any atom is -0.496 e. The van der Waals surface area contributed by atoms with Gasteiger partial charge in [-0.25, -0.2) is 0 Å². The molecule has 98 valence electrons. The van der Waals surface area contributed by atoms with E-state index in [0.717, 1.165) is 22.3 Å². The predicted molar refractivity (Wildman–Crippen MR) is 77.1 cm³/mol. The highest BCUT2D eigenvalue weighted by molar-refractivity contribution is 6.11. The predicted octanol–water partition coefficient (Wildman–Crippen LogP) is 3.85. The third kappa shape index (κ3) is 2.68. The topological polar surface area (TPSA) is 26.3 Å². The smallest absolute Gasteiger partial charge is 0.197 e. The number of ether oxygens (including phenoxy) is 1. The van der Waals surface area contributed by atoms with E-state index in [4.69, 9.17) is 4.74 Å². The molecule has 0 amide bonds. The van der Waals surface area contributed by atoms with Crippen LogP contribution in [0.15, 0.2) is 36.4 Å². The van der Waals surface area contributed by atoms with E-state index in [-0.39, 0.29) is 5.78 Å². The maximum absolute atomic E-state index is 12.6. The zero-order valence-electron chi connectivity index (χ0n) is 11.8. The number of methoxy groups -OCH3 is 1. The summed E-state index contributed by atoms with van der Waals surface area (Å²) in [6.45, 7) is 5.96. The minimum atomic E-state index is 0.00866. The molecule has 0 radical (unpaired) electrons. The van der Waals surface area contributed by atoms with Crippen molar-refractivity contribution in [2.24, 2.45) is 0 Å². The molecular formula is C17H18O2. The first-order valence-electron chi connectivity index (χ1n) is 6.29.